The van der Waals surface area contributed by atoms with E-state index in [0.717, 1.165) is 5.56 Å². The number of halogens is 1. The van der Waals surface area contributed by atoms with E-state index < -0.39 is 6.10 Å². The number of carbonyl (C=O) groups is 2. The van der Waals surface area contributed by atoms with Crippen molar-refractivity contribution in [3.8, 4) is 0 Å². The van der Waals surface area contributed by atoms with E-state index in [1.54, 1.807) is 17.0 Å². The van der Waals surface area contributed by atoms with Crippen molar-refractivity contribution in [1.29, 1.82) is 0 Å². The fraction of sp³-hybridized carbons (Fsp3) is 0.292. The Kier molecular flexibility index (Phi) is 6.91. The Bertz CT molecular complexity index is 1040. The largest absolute Gasteiger partial charge is 0.370 e. The van der Waals surface area contributed by atoms with E-state index in [2.05, 4.69) is 10.2 Å². The van der Waals surface area contributed by atoms with Crippen LogP contribution in [0.3, 0.4) is 0 Å². The molecule has 0 spiro atoms. The van der Waals surface area contributed by atoms with E-state index in [1.165, 1.54) is 29.4 Å². The Morgan fingerprint density at radius 3 is 2.69 bits per heavy atom. The number of ether oxygens (including phenoxy) is 1. The van der Waals surface area contributed by atoms with Crippen molar-refractivity contribution in [3.05, 3.63) is 89.5 Å². The molecule has 1 saturated heterocycles. The van der Waals surface area contributed by atoms with Crippen molar-refractivity contribution >= 4 is 11.8 Å². The van der Waals surface area contributed by atoms with Crippen LogP contribution in [-0.2, 0) is 22.6 Å². The first-order valence-electron chi connectivity index (χ1n) is 10.5. The van der Waals surface area contributed by atoms with Crippen LogP contribution in [0.1, 0.15) is 21.5 Å². The molecule has 8 heteroatoms. The van der Waals surface area contributed by atoms with Crippen LogP contribution in [0.2, 0.25) is 0 Å². The summed E-state index contributed by atoms with van der Waals surface area (Å²) in [6.07, 6.45) is 3.25. The molecule has 2 aromatic carbocycles. The normalized spacial score (nSPS) is 16.8. The molecule has 2 heterocycles. The molecule has 0 saturated carbocycles. The van der Waals surface area contributed by atoms with Crippen molar-refractivity contribution in [1.82, 2.24) is 20.0 Å². The molecule has 2 amide bonds. The summed E-state index contributed by atoms with van der Waals surface area (Å²) in [5.41, 5.74) is 2.22. The Hall–Kier alpha value is -3.52. The first kappa shape index (κ1) is 21.7. The van der Waals surface area contributed by atoms with Crippen LogP contribution in [-0.4, -0.2) is 64.1 Å². The fourth-order valence-corrected chi connectivity index (χ4v) is 3.76. The zero-order valence-corrected chi connectivity index (χ0v) is 17.6. The molecule has 1 N–H and O–H groups in total. The minimum absolute atomic E-state index is 0.0291. The lowest BCUT2D eigenvalue weighted by atomic mass is 10.1. The van der Waals surface area contributed by atoms with Crippen LogP contribution in [0.4, 0.5) is 4.39 Å². The number of benzene rings is 2. The number of carbonyl (C=O) groups excluding carboxylic acids is 2. The highest BCUT2D eigenvalue weighted by Gasteiger charge is 2.31. The molecule has 0 radical (unpaired) electrons. The molecule has 32 heavy (non-hydrogen) atoms. The van der Waals surface area contributed by atoms with Gasteiger partial charge in [-0.2, -0.15) is 5.10 Å². The smallest absolute Gasteiger partial charge is 0.257 e. The molecule has 1 aliphatic heterocycles. The van der Waals surface area contributed by atoms with E-state index in [9.17, 15) is 14.0 Å². The molecular formula is C24H25FN4O3. The topological polar surface area (TPSA) is 78.5 Å². The maximum atomic E-state index is 13.5. The van der Waals surface area contributed by atoms with Gasteiger partial charge in [0.15, 0.2) is 0 Å². The molecule has 0 aliphatic carbocycles. The van der Waals surface area contributed by atoms with Gasteiger partial charge in [0, 0.05) is 25.8 Å². The molecule has 0 bridgehead atoms. The van der Waals surface area contributed by atoms with Gasteiger partial charge in [-0.05, 0) is 29.7 Å². The summed E-state index contributed by atoms with van der Waals surface area (Å²) in [5, 5.41) is 6.45. The molecule has 166 valence electrons. The van der Waals surface area contributed by atoms with Gasteiger partial charge in [0.1, 0.15) is 12.4 Å². The minimum Gasteiger partial charge on any atom is -0.370 e. The molecule has 4 rings (SSSR count). The summed E-state index contributed by atoms with van der Waals surface area (Å²) in [6, 6.07) is 16.2. The molecule has 0 unspecified atom stereocenters. The quantitative estimate of drug-likeness (QED) is 0.618. The summed E-state index contributed by atoms with van der Waals surface area (Å²) in [7, 11) is 0. The number of H-pyrrole nitrogens is 1. The van der Waals surface area contributed by atoms with E-state index in [1.807, 2.05) is 30.3 Å². The Balaban J connectivity index is 1.48. The van der Waals surface area contributed by atoms with Crippen molar-refractivity contribution in [2.75, 3.05) is 26.2 Å². The predicted molar refractivity (Wildman–Crippen MR) is 116 cm³/mol. The fourth-order valence-electron chi connectivity index (χ4n) is 3.76. The highest BCUT2D eigenvalue weighted by atomic mass is 19.1. The second-order valence-electron chi connectivity index (χ2n) is 7.81. The zero-order chi connectivity index (χ0) is 22.3. The minimum atomic E-state index is -0.406. The first-order chi connectivity index (χ1) is 15.6. The highest BCUT2D eigenvalue weighted by molar-refractivity contribution is 5.96. The Labute approximate surface area is 185 Å². The third kappa shape index (κ3) is 5.59. The number of rotatable bonds is 7. The third-order valence-corrected chi connectivity index (χ3v) is 5.45. The summed E-state index contributed by atoms with van der Waals surface area (Å²) in [5.74, 6) is -0.741. The third-order valence-electron chi connectivity index (χ3n) is 5.45. The standard InChI is InChI=1S/C24H25FN4O3/c25-21-8-4-7-19(11-21)17-32-22-14-28(10-9-18-5-2-1-3-6-18)23(30)16-29(15-22)24(31)20-12-26-27-13-20/h1-8,11-13,22H,9-10,14-17H2,(H,26,27)/t22-/m0/s1. The number of aromatic nitrogens is 2. The summed E-state index contributed by atoms with van der Waals surface area (Å²) in [4.78, 5) is 29.1. The Morgan fingerprint density at radius 1 is 1.12 bits per heavy atom. The number of hydrogen-bond acceptors (Lipinski definition) is 4. The van der Waals surface area contributed by atoms with Gasteiger partial charge in [-0.1, -0.05) is 42.5 Å². The second kappa shape index (κ2) is 10.2. The summed E-state index contributed by atoms with van der Waals surface area (Å²) >= 11 is 0. The van der Waals surface area contributed by atoms with Crippen LogP contribution in [0, 0.1) is 5.82 Å². The lowest BCUT2D eigenvalue weighted by Crippen LogP contribution is -2.40. The van der Waals surface area contributed by atoms with E-state index in [0.29, 0.717) is 30.6 Å². The van der Waals surface area contributed by atoms with Gasteiger partial charge in [0.25, 0.3) is 5.91 Å². The number of amides is 2. The lowest BCUT2D eigenvalue weighted by molar-refractivity contribution is -0.131. The second-order valence-corrected chi connectivity index (χ2v) is 7.81. The summed E-state index contributed by atoms with van der Waals surface area (Å²) < 4.78 is 19.6. The molecule has 1 aliphatic rings. The maximum absolute atomic E-state index is 13.5. The number of nitrogens with one attached hydrogen (secondary N) is 1. The molecule has 7 nitrogen and oxygen atoms in total. The van der Waals surface area contributed by atoms with Crippen molar-refractivity contribution in [2.45, 2.75) is 19.1 Å². The molecule has 1 fully saturated rings. The van der Waals surface area contributed by atoms with Crippen LogP contribution < -0.4 is 0 Å². The lowest BCUT2D eigenvalue weighted by Gasteiger charge is -2.25. The maximum Gasteiger partial charge on any atom is 0.257 e. The number of aromatic amines is 1. The molecular weight excluding hydrogens is 411 g/mol. The van der Waals surface area contributed by atoms with Gasteiger partial charge in [0.2, 0.25) is 5.91 Å². The van der Waals surface area contributed by atoms with Crippen LogP contribution >= 0.6 is 0 Å². The summed E-state index contributed by atoms with van der Waals surface area (Å²) in [6.45, 7) is 1.30. The van der Waals surface area contributed by atoms with Crippen LogP contribution in [0.5, 0.6) is 0 Å². The molecule has 3 aromatic rings. The van der Waals surface area contributed by atoms with E-state index in [-0.39, 0.29) is 37.3 Å². The van der Waals surface area contributed by atoms with E-state index in [4.69, 9.17) is 4.74 Å². The number of hydrogen-bond donors (Lipinski definition) is 1. The van der Waals surface area contributed by atoms with Gasteiger partial charge >= 0.3 is 0 Å². The van der Waals surface area contributed by atoms with Crippen molar-refractivity contribution in [3.63, 3.8) is 0 Å². The molecule has 1 atom stereocenters. The highest BCUT2D eigenvalue weighted by Crippen LogP contribution is 2.15. The number of nitrogens with zero attached hydrogens (tertiary/aromatic N) is 3. The zero-order valence-electron chi connectivity index (χ0n) is 17.6. The van der Waals surface area contributed by atoms with Crippen LogP contribution in [0.15, 0.2) is 67.0 Å². The monoisotopic (exact) mass is 436 g/mol. The first-order valence-corrected chi connectivity index (χ1v) is 10.5. The van der Waals surface area contributed by atoms with Gasteiger partial charge < -0.3 is 14.5 Å². The van der Waals surface area contributed by atoms with Crippen molar-refractivity contribution < 1.29 is 18.7 Å². The average molecular weight is 436 g/mol. The van der Waals surface area contributed by atoms with Gasteiger partial charge in [-0.25, -0.2) is 4.39 Å². The van der Waals surface area contributed by atoms with Gasteiger partial charge in [-0.3, -0.25) is 14.7 Å². The molecule has 1 aromatic heterocycles. The Morgan fingerprint density at radius 2 is 1.94 bits per heavy atom. The van der Waals surface area contributed by atoms with Gasteiger partial charge in [0.05, 0.1) is 24.5 Å². The van der Waals surface area contributed by atoms with Crippen molar-refractivity contribution in [2.24, 2.45) is 0 Å². The average Bonchev–Trinajstić information content (AvgIpc) is 3.29. The SMILES string of the molecule is O=C1CN(C(=O)c2cn[nH]c2)C[C@@H](OCc2cccc(F)c2)CN1CCc1ccccc1. The van der Waals surface area contributed by atoms with Gasteiger partial charge in [-0.15, -0.1) is 0 Å². The van der Waals surface area contributed by atoms with E-state index >= 15 is 0 Å². The predicted octanol–water partition coefficient (Wildman–Crippen LogP) is 2.66. The van der Waals surface area contributed by atoms with Crippen LogP contribution in [0.25, 0.3) is 0 Å².